The average molecular weight is 1090 g/mol. The number of halogens is 3. The van der Waals surface area contributed by atoms with Gasteiger partial charge in [0.25, 0.3) is 5.91 Å². The van der Waals surface area contributed by atoms with E-state index in [4.69, 9.17) is 15.2 Å². The molecule has 3 saturated heterocycles. The maximum atomic E-state index is 15.1. The van der Waals surface area contributed by atoms with Crippen molar-refractivity contribution in [3.05, 3.63) is 124 Å². The van der Waals surface area contributed by atoms with Crippen molar-refractivity contribution in [2.45, 2.75) is 95.2 Å². The number of amides is 6. The van der Waals surface area contributed by atoms with Crippen molar-refractivity contribution in [3.63, 3.8) is 0 Å². The van der Waals surface area contributed by atoms with Crippen molar-refractivity contribution < 1.29 is 51.4 Å². The molecule has 9 rings (SSSR count). The summed E-state index contributed by atoms with van der Waals surface area (Å²) in [5.74, 6) is -5.70. The molecule has 79 heavy (non-hydrogen) atoms. The van der Waals surface area contributed by atoms with E-state index in [2.05, 4.69) is 42.9 Å². The lowest BCUT2D eigenvalue weighted by atomic mass is 9.83. The minimum Gasteiger partial charge on any atom is -0.381 e. The number of para-hydroxylation sites is 1. The van der Waals surface area contributed by atoms with Crippen LogP contribution in [0.2, 0.25) is 0 Å². The number of nitrogens with zero attached hydrogens (tertiary/aromatic N) is 5. The Hall–Kier alpha value is -6.75. The second-order valence-corrected chi connectivity index (χ2v) is 22.0. The van der Waals surface area contributed by atoms with Gasteiger partial charge in [-0.05, 0) is 130 Å². The van der Waals surface area contributed by atoms with Crippen LogP contribution in [0.5, 0.6) is 0 Å². The molecule has 5 aliphatic rings. The molecule has 6 amide bonds. The van der Waals surface area contributed by atoms with Crippen molar-refractivity contribution in [2.75, 3.05) is 94.8 Å². The summed E-state index contributed by atoms with van der Waals surface area (Å²) in [6, 6.07) is 16.6. The molecule has 0 radical (unpaired) electrons. The summed E-state index contributed by atoms with van der Waals surface area (Å²) in [5, 5.41) is 11.2. The Kier molecular flexibility index (Phi) is 17.5. The molecule has 5 heterocycles. The predicted octanol–water partition coefficient (Wildman–Crippen LogP) is 4.06. The number of fused-ring (bicyclic) bond motifs is 2. The van der Waals surface area contributed by atoms with Crippen LogP contribution in [0.1, 0.15) is 74.4 Å². The Bertz CT molecular complexity index is 2930. The normalized spacial score (nSPS) is 23.6. The van der Waals surface area contributed by atoms with Crippen molar-refractivity contribution >= 4 is 52.5 Å². The molecule has 4 aromatic rings. The summed E-state index contributed by atoms with van der Waals surface area (Å²) in [7, 11) is 1.62. The maximum absolute atomic E-state index is 15.1. The fourth-order valence-corrected chi connectivity index (χ4v) is 11.7. The molecule has 0 saturated carbocycles. The number of primary amides is 1. The fourth-order valence-electron chi connectivity index (χ4n) is 11.7. The number of likely N-dealkylation sites (N-methyl/N-ethyl adjacent to an activating group) is 1. The van der Waals surface area contributed by atoms with Crippen LogP contribution in [0, 0.1) is 23.4 Å². The lowest BCUT2D eigenvalue weighted by Crippen LogP contribution is -2.64. The topological polar surface area (TPSA) is 211 Å². The lowest BCUT2D eigenvalue weighted by molar-refractivity contribution is -0.144. The smallest absolute Gasteiger partial charge is 0.252 e. The van der Waals surface area contributed by atoms with Gasteiger partial charge in [0, 0.05) is 82.0 Å². The Morgan fingerprint density at radius 1 is 0.810 bits per heavy atom. The molecule has 0 bridgehead atoms. The highest BCUT2D eigenvalue weighted by atomic mass is 19.1. The molecule has 0 spiro atoms. The Morgan fingerprint density at radius 3 is 2.23 bits per heavy atom. The fraction of sp³-hybridized carbons (Fsp3) is 0.483. The van der Waals surface area contributed by atoms with Gasteiger partial charge in [0.15, 0.2) is 0 Å². The average Bonchev–Trinajstić information content (AvgIpc) is 4.20. The van der Waals surface area contributed by atoms with E-state index in [9.17, 15) is 33.2 Å². The molecule has 7 atom stereocenters. The van der Waals surface area contributed by atoms with Gasteiger partial charge in [-0.3, -0.25) is 43.5 Å². The third-order valence-electron chi connectivity index (χ3n) is 16.6. The quantitative estimate of drug-likeness (QED) is 0.101. The molecule has 5 aliphatic heterocycles. The number of rotatable bonds is 17. The second kappa shape index (κ2) is 24.3. The highest BCUT2D eigenvalue weighted by Gasteiger charge is 2.48. The van der Waals surface area contributed by atoms with Gasteiger partial charge in [-0.15, -0.1) is 0 Å². The number of nitrogens with one attached hydrogen (secondary N) is 4. The zero-order valence-electron chi connectivity index (χ0n) is 45.4. The van der Waals surface area contributed by atoms with Crippen LogP contribution in [0.3, 0.4) is 0 Å². The van der Waals surface area contributed by atoms with Gasteiger partial charge >= 0.3 is 0 Å². The summed E-state index contributed by atoms with van der Waals surface area (Å²) in [5.41, 5.74) is 8.44. The predicted molar refractivity (Wildman–Crippen MR) is 290 cm³/mol. The minimum absolute atomic E-state index is 0.0223. The number of hydrogen-bond acceptors (Lipinski definition) is 12. The standard InChI is InChI=1S/C58H71F3N10O8/c1-34-26-69(31-50(73)71-33-58(4,57(62)77)45-16-11-38(24-48(45)71)23-37-9-13-41(59)14-10-37)43(28-67-19-22-79-32-35(67)2)29-68(34)30-49(72)64-42-15-12-40-27-70(53(44(40)25-42)55(75)66-52-46(60)7-6-8-47(52)61)56(76)51(39-17-20-78-21-18-39)65-54(74)36(3)63-5/h6-16,24-25,34-36,39,43,51,53,63H,17-23,26-33H2,1-5H3,(H2,62,77)(H,64,72)(H,65,74)(H,66,75)/t34-,35-,36+,43+,51+,53+,58-/m1/s1. The molecular formula is C58H71F3N10O8. The highest BCUT2D eigenvalue weighted by Crippen LogP contribution is 2.42. The van der Waals surface area contributed by atoms with Gasteiger partial charge < -0.3 is 46.3 Å². The van der Waals surface area contributed by atoms with E-state index in [-0.39, 0.29) is 67.9 Å². The summed E-state index contributed by atoms with van der Waals surface area (Å²) in [4.78, 5) is 94.2. The van der Waals surface area contributed by atoms with E-state index in [1.165, 1.54) is 23.1 Å². The van der Waals surface area contributed by atoms with E-state index in [1.54, 1.807) is 56.1 Å². The summed E-state index contributed by atoms with van der Waals surface area (Å²) < 4.78 is 55.3. The maximum Gasteiger partial charge on any atom is 0.252 e. The molecular weight excluding hydrogens is 1020 g/mol. The SMILES string of the molecule is CN[C@@H](C)C(=O)N[C@H](C(=O)N1Cc2ccc(NC(=O)CN3C[C@H](CN4CCOC[C@H]4C)N(CC(=O)N4C[C@@](C)(C(N)=O)c5ccc(Cc6ccc(F)cc6)cc54)C[C@H]3C)cc2[C@H]1C(=O)Nc1c(F)cccc1F)C1CCOCC1. The van der Waals surface area contributed by atoms with Crippen LogP contribution < -0.4 is 31.9 Å². The Morgan fingerprint density at radius 2 is 1.53 bits per heavy atom. The van der Waals surface area contributed by atoms with E-state index in [0.29, 0.717) is 99.9 Å². The van der Waals surface area contributed by atoms with Crippen molar-refractivity contribution in [2.24, 2.45) is 11.7 Å². The summed E-state index contributed by atoms with van der Waals surface area (Å²) >= 11 is 0. The first-order valence-corrected chi connectivity index (χ1v) is 27.1. The highest BCUT2D eigenvalue weighted by molar-refractivity contribution is 6.03. The van der Waals surface area contributed by atoms with Gasteiger partial charge in [-0.25, -0.2) is 13.2 Å². The summed E-state index contributed by atoms with van der Waals surface area (Å²) in [6.07, 6.45) is 1.41. The molecule has 3 fully saturated rings. The Labute approximate surface area is 458 Å². The third kappa shape index (κ3) is 12.5. The van der Waals surface area contributed by atoms with Crippen molar-refractivity contribution in [1.82, 2.24) is 30.2 Å². The largest absolute Gasteiger partial charge is 0.381 e. The van der Waals surface area contributed by atoms with Crippen LogP contribution in [-0.4, -0.2) is 165 Å². The van der Waals surface area contributed by atoms with Crippen LogP contribution in [-0.2, 0) is 56.6 Å². The first-order chi connectivity index (χ1) is 37.8. The van der Waals surface area contributed by atoms with Gasteiger partial charge in [0.1, 0.15) is 35.2 Å². The van der Waals surface area contributed by atoms with Crippen LogP contribution in [0.25, 0.3) is 0 Å². The summed E-state index contributed by atoms with van der Waals surface area (Å²) in [6.45, 7) is 11.4. The number of morpholine rings is 1. The number of carbonyl (C=O) groups is 6. The van der Waals surface area contributed by atoms with Crippen LogP contribution in [0.4, 0.5) is 30.2 Å². The van der Waals surface area contributed by atoms with Crippen LogP contribution >= 0.6 is 0 Å². The van der Waals surface area contributed by atoms with Gasteiger partial charge in [-0.1, -0.05) is 36.4 Å². The monoisotopic (exact) mass is 1090 g/mol. The lowest BCUT2D eigenvalue weighted by Gasteiger charge is -2.47. The van der Waals surface area contributed by atoms with Gasteiger partial charge in [0.05, 0.1) is 37.8 Å². The molecule has 0 aromatic heterocycles. The van der Waals surface area contributed by atoms with Gasteiger partial charge in [-0.2, -0.15) is 0 Å². The Balaban J connectivity index is 0.937. The second-order valence-electron chi connectivity index (χ2n) is 22.0. The molecule has 0 unspecified atom stereocenters. The molecule has 4 aromatic carbocycles. The first-order valence-electron chi connectivity index (χ1n) is 27.1. The van der Waals surface area contributed by atoms with Crippen LogP contribution in [0.15, 0.2) is 78.9 Å². The first kappa shape index (κ1) is 57.0. The molecule has 6 N–H and O–H groups in total. The zero-order valence-corrected chi connectivity index (χ0v) is 45.4. The molecule has 422 valence electrons. The molecule has 18 nitrogen and oxygen atoms in total. The number of anilines is 3. The van der Waals surface area contributed by atoms with Crippen molar-refractivity contribution in [3.8, 4) is 0 Å². The number of nitrogens with two attached hydrogens (primary N) is 1. The van der Waals surface area contributed by atoms with Crippen molar-refractivity contribution in [1.29, 1.82) is 0 Å². The number of carbonyl (C=O) groups excluding carboxylic acids is 6. The number of piperazine rings is 1. The number of ether oxygens (including phenoxy) is 2. The van der Waals surface area contributed by atoms with E-state index in [0.717, 1.165) is 23.3 Å². The number of benzene rings is 4. The van der Waals surface area contributed by atoms with Gasteiger partial charge in [0.2, 0.25) is 29.5 Å². The minimum atomic E-state index is -1.42. The third-order valence-corrected chi connectivity index (χ3v) is 16.6. The van der Waals surface area contributed by atoms with E-state index >= 15 is 8.78 Å². The molecule has 0 aliphatic carbocycles. The zero-order chi connectivity index (χ0) is 56.3. The number of hydrogen-bond donors (Lipinski definition) is 5. The van der Waals surface area contributed by atoms with E-state index < -0.39 is 64.5 Å². The van der Waals surface area contributed by atoms with E-state index in [1.807, 2.05) is 25.1 Å². The molecule has 21 heteroatoms.